The van der Waals surface area contributed by atoms with Crippen molar-refractivity contribution in [3.8, 4) is 0 Å². The van der Waals surface area contributed by atoms with Crippen molar-refractivity contribution in [2.45, 2.75) is 32.9 Å². The van der Waals surface area contributed by atoms with Crippen LogP contribution in [-0.4, -0.2) is 38.9 Å². The second-order valence-corrected chi connectivity index (χ2v) is 9.09. The summed E-state index contributed by atoms with van der Waals surface area (Å²) in [6, 6.07) is 10.3. The fourth-order valence-electron chi connectivity index (χ4n) is 2.66. The minimum absolute atomic E-state index is 0.0304. The number of carbonyl (C=O) groups is 2. The quantitative estimate of drug-likeness (QED) is 0.202. The van der Waals surface area contributed by atoms with Gasteiger partial charge in [0.1, 0.15) is 12.4 Å². The van der Waals surface area contributed by atoms with Gasteiger partial charge in [0.15, 0.2) is 11.5 Å². The van der Waals surface area contributed by atoms with Crippen LogP contribution in [0, 0.1) is 5.82 Å². The van der Waals surface area contributed by atoms with Crippen LogP contribution >= 0.6 is 15.9 Å². The maximum absolute atomic E-state index is 13.5. The molecule has 0 saturated carbocycles. The van der Waals surface area contributed by atoms with Crippen molar-refractivity contribution in [2.24, 2.45) is 4.99 Å². The number of halogens is 2. The maximum Gasteiger partial charge on any atom is 0.407 e. The van der Waals surface area contributed by atoms with Gasteiger partial charge in [-0.2, -0.15) is 0 Å². The highest BCUT2D eigenvalue weighted by atomic mass is 79.9. The van der Waals surface area contributed by atoms with E-state index in [9.17, 15) is 19.2 Å². The summed E-state index contributed by atoms with van der Waals surface area (Å²) >= 11 is 3.05. The largest absolute Gasteiger partial charge is 0.445 e. The minimum Gasteiger partial charge on any atom is -0.445 e. The molecule has 3 aromatic rings. The van der Waals surface area contributed by atoms with Crippen LogP contribution in [-0.2, 0) is 11.3 Å². The molecule has 35 heavy (non-hydrogen) atoms. The number of alkyl carbamates (subject to hydrolysis) is 1. The standard InChI is InChI=1S/C22H22BrFN6O5/c1-22(2,3)27-21(32)34-11-12-4-6-13(7-5-12)20(31)26-19-17(29-35-30-19)18(28-33)25-14-8-9-16(24)15(23)10-14/h4-10,33H,11H2,1-3H3,(H,25,28)(H,27,32)(H,26,30,31). The first kappa shape index (κ1) is 25.8. The van der Waals surface area contributed by atoms with Gasteiger partial charge in [-0.15, -0.1) is 0 Å². The van der Waals surface area contributed by atoms with Gasteiger partial charge in [0.05, 0.1) is 10.2 Å². The number of aliphatic imine (C=N–C) groups is 1. The van der Waals surface area contributed by atoms with Crippen LogP contribution in [0.5, 0.6) is 0 Å². The van der Waals surface area contributed by atoms with E-state index in [2.05, 4.69) is 46.5 Å². The number of aromatic nitrogens is 2. The van der Waals surface area contributed by atoms with Gasteiger partial charge in [-0.25, -0.2) is 18.8 Å². The van der Waals surface area contributed by atoms with Gasteiger partial charge < -0.3 is 15.4 Å². The molecule has 3 rings (SSSR count). The van der Waals surface area contributed by atoms with Gasteiger partial charge in [0, 0.05) is 11.1 Å². The molecule has 0 aliphatic rings. The number of carbonyl (C=O) groups excluding carboxylic acids is 2. The van der Waals surface area contributed by atoms with E-state index in [1.54, 1.807) is 12.1 Å². The number of hydroxylamine groups is 1. The first-order valence-electron chi connectivity index (χ1n) is 10.2. The number of benzene rings is 2. The molecule has 13 heteroatoms. The summed E-state index contributed by atoms with van der Waals surface area (Å²) in [7, 11) is 0. The lowest BCUT2D eigenvalue weighted by Crippen LogP contribution is -2.40. The Bertz CT molecular complexity index is 1240. The molecule has 0 aliphatic heterocycles. The van der Waals surface area contributed by atoms with Gasteiger partial charge in [0.25, 0.3) is 5.91 Å². The summed E-state index contributed by atoms with van der Waals surface area (Å²) in [6.45, 7) is 5.54. The molecule has 0 atom stereocenters. The summed E-state index contributed by atoms with van der Waals surface area (Å²) in [5, 5.41) is 22.0. The highest BCUT2D eigenvalue weighted by Gasteiger charge is 2.20. The van der Waals surface area contributed by atoms with Gasteiger partial charge >= 0.3 is 6.09 Å². The number of anilines is 1. The first-order chi connectivity index (χ1) is 16.6. The topological polar surface area (TPSA) is 151 Å². The highest BCUT2D eigenvalue weighted by molar-refractivity contribution is 9.10. The molecular formula is C22H22BrFN6O5. The average Bonchev–Trinajstić information content (AvgIpc) is 3.25. The summed E-state index contributed by atoms with van der Waals surface area (Å²) < 4.78 is 23.5. The van der Waals surface area contributed by atoms with Crippen molar-refractivity contribution in [2.75, 3.05) is 5.32 Å². The molecule has 184 valence electrons. The van der Waals surface area contributed by atoms with Gasteiger partial charge in [-0.1, -0.05) is 12.1 Å². The fraction of sp³-hybridized carbons (Fsp3) is 0.227. The third-order valence-electron chi connectivity index (χ3n) is 4.26. The SMILES string of the molecule is CC(C)(C)NC(=O)OCc1ccc(C(=O)Nc2nonc2C(=Nc2ccc(F)c(Br)c2)NO)cc1. The van der Waals surface area contributed by atoms with Crippen molar-refractivity contribution >= 4 is 45.3 Å². The number of hydrogen-bond donors (Lipinski definition) is 4. The molecule has 0 radical (unpaired) electrons. The Labute approximate surface area is 207 Å². The molecule has 0 aliphatic carbocycles. The Morgan fingerprint density at radius 3 is 2.51 bits per heavy atom. The van der Waals surface area contributed by atoms with Crippen LogP contribution < -0.4 is 16.1 Å². The Balaban J connectivity index is 1.68. The number of ether oxygens (including phenoxy) is 1. The van der Waals surface area contributed by atoms with Crippen LogP contribution in [0.1, 0.15) is 42.4 Å². The molecule has 0 fully saturated rings. The molecular weight excluding hydrogens is 527 g/mol. The zero-order chi connectivity index (χ0) is 25.6. The number of rotatable bonds is 6. The number of amidine groups is 1. The monoisotopic (exact) mass is 548 g/mol. The normalized spacial score (nSPS) is 11.7. The summed E-state index contributed by atoms with van der Waals surface area (Å²) in [6.07, 6.45) is -0.548. The second-order valence-electron chi connectivity index (χ2n) is 8.23. The van der Waals surface area contributed by atoms with Gasteiger partial charge in [-0.05, 0) is 82.9 Å². The molecule has 0 saturated heterocycles. The molecule has 0 unspecified atom stereocenters. The summed E-state index contributed by atoms with van der Waals surface area (Å²) in [5.41, 5.74) is 2.60. The first-order valence-corrected chi connectivity index (χ1v) is 11.0. The van der Waals surface area contributed by atoms with Crippen LogP contribution in [0.3, 0.4) is 0 Å². The highest BCUT2D eigenvalue weighted by Crippen LogP contribution is 2.23. The Hall–Kier alpha value is -3.84. The van der Waals surface area contributed by atoms with Crippen LogP contribution in [0.25, 0.3) is 0 Å². The third-order valence-corrected chi connectivity index (χ3v) is 4.87. The molecule has 1 heterocycles. The lowest BCUT2D eigenvalue weighted by Gasteiger charge is -2.19. The molecule has 2 aromatic carbocycles. The van der Waals surface area contributed by atoms with E-state index in [0.29, 0.717) is 5.56 Å². The number of nitrogens with one attached hydrogen (secondary N) is 3. The number of nitrogens with zero attached hydrogens (tertiary/aromatic N) is 3. The maximum atomic E-state index is 13.5. The number of hydrogen-bond acceptors (Lipinski definition) is 8. The second kappa shape index (κ2) is 11.1. The van der Waals surface area contributed by atoms with Crippen molar-refractivity contribution in [3.05, 3.63) is 69.6 Å². The molecule has 0 bridgehead atoms. The van der Waals surface area contributed by atoms with Gasteiger partial charge in [-0.3, -0.25) is 15.5 Å². The van der Waals surface area contributed by atoms with Crippen LogP contribution in [0.15, 0.2) is 56.6 Å². The molecule has 4 N–H and O–H groups in total. The van der Waals surface area contributed by atoms with Crippen molar-refractivity contribution in [1.29, 1.82) is 0 Å². The van der Waals surface area contributed by atoms with Crippen molar-refractivity contribution in [1.82, 2.24) is 21.1 Å². The molecule has 1 aromatic heterocycles. The smallest absolute Gasteiger partial charge is 0.407 e. The van der Waals surface area contributed by atoms with E-state index in [0.717, 1.165) is 0 Å². The van der Waals surface area contributed by atoms with Crippen LogP contribution in [0.2, 0.25) is 0 Å². The minimum atomic E-state index is -0.548. The Morgan fingerprint density at radius 2 is 1.89 bits per heavy atom. The Morgan fingerprint density at radius 1 is 1.17 bits per heavy atom. The molecule has 2 amide bonds. The van der Waals surface area contributed by atoms with E-state index in [4.69, 9.17) is 4.74 Å². The predicted octanol–water partition coefficient (Wildman–Crippen LogP) is 4.31. The van der Waals surface area contributed by atoms with Crippen molar-refractivity contribution < 1.29 is 28.6 Å². The zero-order valence-electron chi connectivity index (χ0n) is 18.9. The van der Waals surface area contributed by atoms with E-state index in [1.165, 1.54) is 30.3 Å². The average molecular weight is 549 g/mol. The van der Waals surface area contributed by atoms with E-state index >= 15 is 0 Å². The zero-order valence-corrected chi connectivity index (χ0v) is 20.5. The predicted molar refractivity (Wildman–Crippen MR) is 127 cm³/mol. The lowest BCUT2D eigenvalue weighted by atomic mass is 10.1. The lowest BCUT2D eigenvalue weighted by molar-refractivity contribution is 0.102. The molecule has 11 nitrogen and oxygen atoms in total. The summed E-state index contributed by atoms with van der Waals surface area (Å²) in [4.78, 5) is 28.6. The van der Waals surface area contributed by atoms with E-state index < -0.39 is 23.4 Å². The number of amides is 2. The summed E-state index contributed by atoms with van der Waals surface area (Å²) in [5.74, 6) is -1.32. The van der Waals surface area contributed by atoms with Gasteiger partial charge in [0.2, 0.25) is 5.82 Å². The Kier molecular flexibility index (Phi) is 8.14. The van der Waals surface area contributed by atoms with E-state index in [1.807, 2.05) is 26.3 Å². The fourth-order valence-corrected chi connectivity index (χ4v) is 3.03. The van der Waals surface area contributed by atoms with Crippen molar-refractivity contribution in [3.63, 3.8) is 0 Å². The molecule has 0 spiro atoms. The van der Waals surface area contributed by atoms with Crippen LogP contribution in [0.4, 0.5) is 20.7 Å². The third kappa shape index (κ3) is 7.32. The van der Waals surface area contributed by atoms with E-state index in [-0.39, 0.29) is 39.7 Å².